The van der Waals surface area contributed by atoms with E-state index in [1.165, 1.54) is 11.3 Å². The first-order valence-electron chi connectivity index (χ1n) is 4.57. The Morgan fingerprint density at radius 1 is 1.47 bits per heavy atom. The van der Waals surface area contributed by atoms with Gasteiger partial charge in [0, 0.05) is 11.1 Å². The second kappa shape index (κ2) is 4.63. The van der Waals surface area contributed by atoms with Crippen LogP contribution in [0.3, 0.4) is 0 Å². The van der Waals surface area contributed by atoms with Crippen LogP contribution in [-0.2, 0) is 0 Å². The zero-order valence-corrected chi connectivity index (χ0v) is 11.7. The van der Waals surface area contributed by atoms with Gasteiger partial charge in [0.25, 0.3) is 0 Å². The largest absolute Gasteiger partial charge is 0.375 e. The maximum Gasteiger partial charge on any atom is 0.116 e. The maximum absolute atomic E-state index is 4.34. The normalized spacial score (nSPS) is 12.7. The molecule has 2 rings (SSSR count). The van der Waals surface area contributed by atoms with E-state index in [-0.39, 0.29) is 6.04 Å². The van der Waals surface area contributed by atoms with Crippen molar-refractivity contribution in [2.24, 2.45) is 0 Å². The first-order chi connectivity index (χ1) is 7.16. The summed E-state index contributed by atoms with van der Waals surface area (Å²) in [7, 11) is 0. The Morgan fingerprint density at radius 3 is 2.80 bits per heavy atom. The highest BCUT2D eigenvalue weighted by molar-refractivity contribution is 9.11. The highest BCUT2D eigenvalue weighted by Crippen LogP contribution is 2.28. The summed E-state index contributed by atoms with van der Waals surface area (Å²) in [6.45, 7) is 4.24. The lowest BCUT2D eigenvalue weighted by Gasteiger charge is -2.11. The van der Waals surface area contributed by atoms with Gasteiger partial charge in [-0.25, -0.2) is 4.98 Å². The van der Waals surface area contributed by atoms with Gasteiger partial charge in [-0.1, -0.05) is 0 Å². The molecule has 2 aromatic heterocycles. The van der Waals surface area contributed by atoms with Crippen LogP contribution < -0.4 is 5.32 Å². The molecular weight excluding hydrogens is 292 g/mol. The van der Waals surface area contributed by atoms with Crippen molar-refractivity contribution in [1.82, 2.24) is 4.98 Å². The molecular formula is C10H11BrN2S2. The summed E-state index contributed by atoms with van der Waals surface area (Å²) in [5.41, 5.74) is 2.50. The maximum atomic E-state index is 4.34. The van der Waals surface area contributed by atoms with Crippen LogP contribution in [0.4, 0.5) is 5.69 Å². The second-order valence-electron chi connectivity index (χ2n) is 3.34. The molecule has 0 amide bonds. The molecule has 0 spiro atoms. The van der Waals surface area contributed by atoms with Crippen molar-refractivity contribution < 1.29 is 0 Å². The number of hydrogen-bond donors (Lipinski definition) is 1. The number of rotatable bonds is 3. The SMILES string of the molecule is Cc1cscc1NC(C)c1ncc(Br)s1. The van der Waals surface area contributed by atoms with E-state index in [4.69, 9.17) is 0 Å². The Hall–Kier alpha value is -0.390. The second-order valence-corrected chi connectivity index (χ2v) is 6.52. The van der Waals surface area contributed by atoms with Gasteiger partial charge in [-0.15, -0.1) is 22.7 Å². The molecule has 2 aromatic rings. The van der Waals surface area contributed by atoms with E-state index in [1.54, 1.807) is 22.7 Å². The highest BCUT2D eigenvalue weighted by atomic mass is 79.9. The minimum Gasteiger partial charge on any atom is -0.375 e. The lowest BCUT2D eigenvalue weighted by molar-refractivity contribution is 0.869. The number of aromatic nitrogens is 1. The molecule has 0 aliphatic carbocycles. The predicted molar refractivity (Wildman–Crippen MR) is 70.9 cm³/mol. The van der Waals surface area contributed by atoms with Crippen LogP contribution in [0.15, 0.2) is 20.7 Å². The van der Waals surface area contributed by atoms with E-state index in [9.17, 15) is 0 Å². The van der Waals surface area contributed by atoms with Gasteiger partial charge in [0.1, 0.15) is 5.01 Å². The number of nitrogens with one attached hydrogen (secondary N) is 1. The molecule has 0 aliphatic heterocycles. The number of thiophene rings is 1. The van der Waals surface area contributed by atoms with Crippen molar-refractivity contribution in [3.63, 3.8) is 0 Å². The number of halogens is 1. The standard InChI is InChI=1S/C10H11BrN2S2/c1-6-4-14-5-8(6)13-7(2)10-12-3-9(11)15-10/h3-5,7,13H,1-2H3. The molecule has 1 atom stereocenters. The molecule has 1 N–H and O–H groups in total. The summed E-state index contributed by atoms with van der Waals surface area (Å²) in [4.78, 5) is 4.34. The van der Waals surface area contributed by atoms with Gasteiger partial charge in [0.2, 0.25) is 0 Å². The van der Waals surface area contributed by atoms with Crippen LogP contribution in [0.1, 0.15) is 23.5 Å². The van der Waals surface area contributed by atoms with Crippen molar-refractivity contribution in [3.05, 3.63) is 31.3 Å². The minimum absolute atomic E-state index is 0.259. The van der Waals surface area contributed by atoms with Crippen LogP contribution in [0.5, 0.6) is 0 Å². The molecule has 5 heteroatoms. The van der Waals surface area contributed by atoms with Gasteiger partial charge < -0.3 is 5.32 Å². The van der Waals surface area contributed by atoms with Crippen molar-refractivity contribution >= 4 is 44.3 Å². The Labute approximate surface area is 106 Å². The van der Waals surface area contributed by atoms with Crippen LogP contribution in [0, 0.1) is 6.92 Å². The van der Waals surface area contributed by atoms with Crippen LogP contribution in [0.25, 0.3) is 0 Å². The zero-order valence-electron chi connectivity index (χ0n) is 8.45. The molecule has 0 aliphatic rings. The van der Waals surface area contributed by atoms with E-state index in [1.807, 2.05) is 6.20 Å². The molecule has 15 heavy (non-hydrogen) atoms. The fourth-order valence-corrected chi connectivity index (χ4v) is 3.31. The molecule has 0 aromatic carbocycles. The van der Waals surface area contributed by atoms with Crippen molar-refractivity contribution in [1.29, 1.82) is 0 Å². The van der Waals surface area contributed by atoms with Crippen LogP contribution >= 0.6 is 38.6 Å². The van der Waals surface area contributed by atoms with E-state index in [0.717, 1.165) is 8.79 Å². The number of anilines is 1. The van der Waals surface area contributed by atoms with E-state index in [0.29, 0.717) is 0 Å². The Balaban J connectivity index is 2.10. The zero-order chi connectivity index (χ0) is 10.8. The quantitative estimate of drug-likeness (QED) is 0.906. The van der Waals surface area contributed by atoms with Crippen molar-refractivity contribution in [2.45, 2.75) is 19.9 Å². The molecule has 0 radical (unpaired) electrons. The average molecular weight is 303 g/mol. The monoisotopic (exact) mass is 302 g/mol. The fraction of sp³-hybridized carbons (Fsp3) is 0.300. The van der Waals surface area contributed by atoms with E-state index in [2.05, 4.69) is 50.8 Å². The van der Waals surface area contributed by atoms with Gasteiger partial charge in [-0.05, 0) is 40.7 Å². The number of hydrogen-bond acceptors (Lipinski definition) is 4. The molecule has 80 valence electrons. The van der Waals surface area contributed by atoms with E-state index >= 15 is 0 Å². The Kier molecular flexibility index (Phi) is 3.43. The number of thiazole rings is 1. The molecule has 0 saturated heterocycles. The number of nitrogens with zero attached hydrogens (tertiary/aromatic N) is 1. The van der Waals surface area contributed by atoms with Gasteiger partial charge >= 0.3 is 0 Å². The van der Waals surface area contributed by atoms with Crippen LogP contribution in [-0.4, -0.2) is 4.98 Å². The summed E-state index contributed by atoms with van der Waals surface area (Å²) >= 11 is 6.81. The summed E-state index contributed by atoms with van der Waals surface area (Å²) in [5, 5.41) is 8.84. The molecule has 2 heterocycles. The molecule has 2 nitrogen and oxygen atoms in total. The third-order valence-electron chi connectivity index (χ3n) is 2.09. The lowest BCUT2D eigenvalue weighted by atomic mass is 10.3. The minimum atomic E-state index is 0.259. The topological polar surface area (TPSA) is 24.9 Å². The summed E-state index contributed by atoms with van der Waals surface area (Å²) < 4.78 is 1.08. The molecule has 0 saturated carbocycles. The van der Waals surface area contributed by atoms with Gasteiger partial charge in [0.05, 0.1) is 16.0 Å². The smallest absolute Gasteiger partial charge is 0.116 e. The summed E-state index contributed by atoms with van der Waals surface area (Å²) in [6, 6.07) is 0.259. The predicted octanol–water partition coefficient (Wildman–Crippen LogP) is 4.45. The molecule has 0 bridgehead atoms. The molecule has 1 unspecified atom stereocenters. The Morgan fingerprint density at radius 2 is 2.27 bits per heavy atom. The van der Waals surface area contributed by atoms with Crippen molar-refractivity contribution in [3.8, 4) is 0 Å². The fourth-order valence-electron chi connectivity index (χ4n) is 1.27. The number of aryl methyl sites for hydroxylation is 1. The first kappa shape index (κ1) is 11.1. The highest BCUT2D eigenvalue weighted by Gasteiger charge is 2.10. The van der Waals surface area contributed by atoms with E-state index < -0.39 is 0 Å². The van der Waals surface area contributed by atoms with Gasteiger partial charge in [0.15, 0.2) is 0 Å². The summed E-state index contributed by atoms with van der Waals surface area (Å²) in [6.07, 6.45) is 1.85. The molecule has 0 fully saturated rings. The summed E-state index contributed by atoms with van der Waals surface area (Å²) in [5.74, 6) is 0. The lowest BCUT2D eigenvalue weighted by Crippen LogP contribution is -2.05. The van der Waals surface area contributed by atoms with Crippen LogP contribution in [0.2, 0.25) is 0 Å². The third-order valence-corrected chi connectivity index (χ3v) is 4.61. The van der Waals surface area contributed by atoms with Crippen molar-refractivity contribution in [2.75, 3.05) is 5.32 Å². The third kappa shape index (κ3) is 2.59. The first-order valence-corrected chi connectivity index (χ1v) is 7.12. The average Bonchev–Trinajstić information content (AvgIpc) is 2.77. The van der Waals surface area contributed by atoms with Gasteiger partial charge in [-0.3, -0.25) is 0 Å². The van der Waals surface area contributed by atoms with Gasteiger partial charge in [-0.2, -0.15) is 0 Å². The Bertz CT molecular complexity index is 450.